The van der Waals surface area contributed by atoms with E-state index in [9.17, 15) is 17.6 Å². The summed E-state index contributed by atoms with van der Waals surface area (Å²) < 4.78 is 53.0. The molecular formula is C11H18F4N2O. The van der Waals surface area contributed by atoms with Crippen LogP contribution in [0, 0.1) is 11.3 Å². The molecule has 0 aliphatic carbocycles. The molecule has 1 atom stereocenters. The average molecular weight is 270 g/mol. The topological polar surface area (TPSA) is 45.0 Å². The average Bonchev–Trinajstić information content (AvgIpc) is 2.34. The Morgan fingerprint density at radius 1 is 1.39 bits per heavy atom. The lowest BCUT2D eigenvalue weighted by molar-refractivity contribution is -0.166. The molecule has 0 radical (unpaired) electrons. The van der Waals surface area contributed by atoms with Crippen LogP contribution in [0.2, 0.25) is 0 Å². The van der Waals surface area contributed by atoms with E-state index in [2.05, 4.69) is 16.1 Å². The molecule has 0 spiro atoms. The fourth-order valence-corrected chi connectivity index (χ4v) is 1.42. The van der Waals surface area contributed by atoms with Crippen LogP contribution < -0.4 is 5.32 Å². The van der Waals surface area contributed by atoms with E-state index in [0.29, 0.717) is 19.3 Å². The van der Waals surface area contributed by atoms with Crippen molar-refractivity contribution in [3.63, 3.8) is 0 Å². The van der Waals surface area contributed by atoms with E-state index in [-0.39, 0.29) is 6.61 Å². The van der Waals surface area contributed by atoms with E-state index in [1.807, 2.05) is 6.92 Å². The minimum atomic E-state index is -4.11. The quantitative estimate of drug-likeness (QED) is 0.517. The fraction of sp³-hybridized carbons (Fsp3) is 0.909. The van der Waals surface area contributed by atoms with Crippen molar-refractivity contribution in [1.82, 2.24) is 5.32 Å². The molecule has 7 heteroatoms. The first-order valence-electron chi connectivity index (χ1n) is 5.67. The number of nitriles is 1. The second kappa shape index (κ2) is 7.54. The first kappa shape index (κ1) is 17.1. The van der Waals surface area contributed by atoms with Crippen molar-refractivity contribution < 1.29 is 22.3 Å². The maximum absolute atomic E-state index is 12.5. The number of hydrogen-bond acceptors (Lipinski definition) is 3. The highest BCUT2D eigenvalue weighted by atomic mass is 19.3. The van der Waals surface area contributed by atoms with E-state index in [1.165, 1.54) is 0 Å². The Labute approximate surface area is 104 Å². The van der Waals surface area contributed by atoms with Crippen LogP contribution in [-0.4, -0.2) is 38.1 Å². The maximum Gasteiger partial charge on any atom is 0.330 e. The molecule has 0 bridgehead atoms. The molecule has 1 unspecified atom stereocenters. The van der Waals surface area contributed by atoms with Gasteiger partial charge in [-0.3, -0.25) is 0 Å². The van der Waals surface area contributed by atoms with Crippen molar-refractivity contribution in [2.45, 2.75) is 44.1 Å². The summed E-state index contributed by atoms with van der Waals surface area (Å²) >= 11 is 0. The van der Waals surface area contributed by atoms with Crippen molar-refractivity contribution in [2.24, 2.45) is 0 Å². The van der Waals surface area contributed by atoms with Gasteiger partial charge in [-0.15, -0.1) is 0 Å². The van der Waals surface area contributed by atoms with E-state index in [0.717, 1.165) is 0 Å². The van der Waals surface area contributed by atoms with Gasteiger partial charge in [0.05, 0.1) is 6.07 Å². The Kier molecular flexibility index (Phi) is 7.18. The highest BCUT2D eigenvalue weighted by Gasteiger charge is 2.40. The summed E-state index contributed by atoms with van der Waals surface area (Å²) in [5.41, 5.74) is -0.714. The molecule has 0 aromatic heterocycles. The van der Waals surface area contributed by atoms with Gasteiger partial charge in [-0.2, -0.15) is 14.0 Å². The van der Waals surface area contributed by atoms with Crippen LogP contribution in [0.25, 0.3) is 0 Å². The van der Waals surface area contributed by atoms with Gasteiger partial charge in [0.2, 0.25) is 0 Å². The summed E-state index contributed by atoms with van der Waals surface area (Å²) in [6, 6.07) is 2.11. The minimum Gasteiger partial charge on any atom is -0.375 e. The zero-order valence-corrected chi connectivity index (χ0v) is 10.5. The lowest BCUT2D eigenvalue weighted by Crippen LogP contribution is -2.41. The van der Waals surface area contributed by atoms with Crippen LogP contribution in [-0.2, 0) is 4.74 Å². The Balaban J connectivity index is 3.91. The van der Waals surface area contributed by atoms with Crippen molar-refractivity contribution in [3.05, 3.63) is 0 Å². The highest BCUT2D eigenvalue weighted by molar-refractivity contribution is 5.05. The maximum atomic E-state index is 12.5. The molecule has 0 aromatic carbocycles. The summed E-state index contributed by atoms with van der Waals surface area (Å²) in [6.45, 7) is 0.453. The van der Waals surface area contributed by atoms with Gasteiger partial charge < -0.3 is 10.1 Å². The van der Waals surface area contributed by atoms with E-state index in [4.69, 9.17) is 5.26 Å². The number of alkyl halides is 4. The van der Waals surface area contributed by atoms with Crippen LogP contribution in [0.3, 0.4) is 0 Å². The number of nitrogens with zero attached hydrogens (tertiary/aromatic N) is 1. The summed E-state index contributed by atoms with van der Waals surface area (Å²) in [4.78, 5) is 0. The van der Waals surface area contributed by atoms with Crippen molar-refractivity contribution in [3.8, 4) is 6.07 Å². The lowest BCUT2D eigenvalue weighted by atomic mass is 9.92. The molecule has 0 saturated heterocycles. The predicted molar refractivity (Wildman–Crippen MR) is 58.7 cm³/mol. The highest BCUT2D eigenvalue weighted by Crippen LogP contribution is 2.23. The molecular weight excluding hydrogens is 252 g/mol. The van der Waals surface area contributed by atoms with Crippen LogP contribution in [0.4, 0.5) is 17.6 Å². The Morgan fingerprint density at radius 3 is 2.39 bits per heavy atom. The van der Waals surface area contributed by atoms with Crippen LogP contribution in [0.1, 0.15) is 26.2 Å². The van der Waals surface area contributed by atoms with Crippen molar-refractivity contribution in [2.75, 3.05) is 20.3 Å². The normalized spacial score (nSPS) is 15.4. The number of rotatable bonds is 9. The third-order valence-electron chi connectivity index (χ3n) is 2.80. The number of nitrogens with one attached hydrogen (secondary N) is 1. The Morgan fingerprint density at radius 2 is 2.00 bits per heavy atom. The molecule has 0 aliphatic heterocycles. The first-order chi connectivity index (χ1) is 8.33. The smallest absolute Gasteiger partial charge is 0.330 e. The van der Waals surface area contributed by atoms with Gasteiger partial charge in [-0.25, -0.2) is 8.78 Å². The van der Waals surface area contributed by atoms with Gasteiger partial charge >= 0.3 is 12.3 Å². The second-order valence-electron chi connectivity index (χ2n) is 4.02. The summed E-state index contributed by atoms with van der Waals surface area (Å²) in [5.74, 6) is -4.11. The zero-order valence-electron chi connectivity index (χ0n) is 10.5. The van der Waals surface area contributed by atoms with Crippen molar-refractivity contribution >= 4 is 0 Å². The van der Waals surface area contributed by atoms with E-state index >= 15 is 0 Å². The standard InChI is InChI=1S/C11H18F4N2O/c1-3-10(7-16,17-2)5-4-6-18-8-11(14,15)9(12)13/h9,17H,3-6,8H2,1-2H3. The van der Waals surface area contributed by atoms with Gasteiger partial charge in [-0.1, -0.05) is 6.92 Å². The molecule has 0 rings (SSSR count). The van der Waals surface area contributed by atoms with Gasteiger partial charge in [0.15, 0.2) is 0 Å². The summed E-state index contributed by atoms with van der Waals surface area (Å²) in [5, 5.41) is 11.8. The molecule has 3 nitrogen and oxygen atoms in total. The number of hydrogen-bond donors (Lipinski definition) is 1. The molecule has 0 fully saturated rings. The fourth-order valence-electron chi connectivity index (χ4n) is 1.42. The minimum absolute atomic E-state index is 0.0760. The van der Waals surface area contributed by atoms with Crippen LogP contribution in [0.15, 0.2) is 0 Å². The molecule has 1 N–H and O–H groups in total. The van der Waals surface area contributed by atoms with Gasteiger partial charge in [-0.05, 0) is 26.3 Å². The third kappa shape index (κ3) is 5.19. The monoisotopic (exact) mass is 270 g/mol. The third-order valence-corrected chi connectivity index (χ3v) is 2.80. The largest absolute Gasteiger partial charge is 0.375 e. The van der Waals surface area contributed by atoms with Crippen LogP contribution in [0.5, 0.6) is 0 Å². The predicted octanol–water partition coefficient (Wildman–Crippen LogP) is 2.58. The zero-order chi connectivity index (χ0) is 14.2. The molecule has 0 saturated carbocycles. The molecule has 18 heavy (non-hydrogen) atoms. The molecule has 0 aliphatic rings. The molecule has 0 aromatic rings. The van der Waals surface area contributed by atoms with Gasteiger partial charge in [0.25, 0.3) is 0 Å². The number of ether oxygens (including phenoxy) is 1. The lowest BCUT2D eigenvalue weighted by Gasteiger charge is -2.24. The SMILES string of the molecule is CCC(C#N)(CCCOCC(F)(F)C(F)F)NC. The Bertz CT molecular complexity index is 275. The van der Waals surface area contributed by atoms with Crippen molar-refractivity contribution in [1.29, 1.82) is 5.26 Å². The Hall–Kier alpha value is -0.870. The van der Waals surface area contributed by atoms with Gasteiger partial charge in [0.1, 0.15) is 12.1 Å². The summed E-state index contributed by atoms with van der Waals surface area (Å²) in [6.07, 6.45) is -2.39. The van der Waals surface area contributed by atoms with Crippen LogP contribution >= 0.6 is 0 Å². The molecule has 0 heterocycles. The summed E-state index contributed by atoms with van der Waals surface area (Å²) in [7, 11) is 1.64. The van der Waals surface area contributed by atoms with E-state index < -0.39 is 24.5 Å². The van der Waals surface area contributed by atoms with E-state index in [1.54, 1.807) is 7.05 Å². The first-order valence-corrected chi connectivity index (χ1v) is 5.67. The molecule has 106 valence electrons. The second-order valence-corrected chi connectivity index (χ2v) is 4.02. The number of halogens is 4. The molecule has 0 amide bonds. The van der Waals surface area contributed by atoms with Gasteiger partial charge in [0, 0.05) is 6.61 Å².